The monoisotopic (exact) mass is 376 g/mol. The number of nitrogens with zero attached hydrogens (tertiary/aromatic N) is 3. The zero-order valence-corrected chi connectivity index (χ0v) is 15.3. The number of nitrogens with one attached hydrogen (secondary N) is 1. The van der Waals surface area contributed by atoms with E-state index in [0.29, 0.717) is 11.1 Å². The van der Waals surface area contributed by atoms with Crippen molar-refractivity contribution in [2.75, 3.05) is 5.32 Å². The number of anilines is 1. The first-order chi connectivity index (χ1) is 13.2. The van der Waals surface area contributed by atoms with Crippen molar-refractivity contribution in [1.82, 2.24) is 15.2 Å². The maximum Gasteiger partial charge on any atom is 0.277 e. The molecule has 0 aliphatic carbocycles. The maximum atomic E-state index is 12.6. The minimum atomic E-state index is -0.397. The Morgan fingerprint density at radius 2 is 1.93 bits per heavy atom. The smallest absolute Gasteiger partial charge is 0.277 e. The minimum Gasteiger partial charge on any atom is -0.411 e. The van der Waals surface area contributed by atoms with Gasteiger partial charge in [-0.1, -0.05) is 48.2 Å². The SMILES string of the molecule is C[C@H](Sc1nnc(-c2cccnc2)o1)C(=O)Nc1cccc2ccccc12. The van der Waals surface area contributed by atoms with Crippen molar-refractivity contribution in [3.63, 3.8) is 0 Å². The number of carbonyl (C=O) groups excluding carboxylic acids is 1. The highest BCUT2D eigenvalue weighted by atomic mass is 32.2. The van der Waals surface area contributed by atoms with E-state index in [2.05, 4.69) is 20.5 Å². The zero-order valence-electron chi connectivity index (χ0n) is 14.5. The molecule has 0 radical (unpaired) electrons. The van der Waals surface area contributed by atoms with E-state index in [-0.39, 0.29) is 5.91 Å². The van der Waals surface area contributed by atoms with Crippen molar-refractivity contribution in [1.29, 1.82) is 0 Å². The quantitative estimate of drug-likeness (QED) is 0.520. The van der Waals surface area contributed by atoms with Gasteiger partial charge in [-0.3, -0.25) is 9.78 Å². The lowest BCUT2D eigenvalue weighted by atomic mass is 10.1. The van der Waals surface area contributed by atoms with Crippen molar-refractivity contribution < 1.29 is 9.21 Å². The van der Waals surface area contributed by atoms with Crippen molar-refractivity contribution in [3.05, 3.63) is 67.0 Å². The fourth-order valence-corrected chi connectivity index (χ4v) is 3.32. The second kappa shape index (κ2) is 7.59. The molecule has 0 unspecified atom stereocenters. The Bertz CT molecular complexity index is 1080. The van der Waals surface area contributed by atoms with Gasteiger partial charge >= 0.3 is 0 Å². The summed E-state index contributed by atoms with van der Waals surface area (Å²) in [4.78, 5) is 16.6. The third-order valence-corrected chi connectivity index (χ3v) is 4.94. The molecule has 0 aliphatic heterocycles. The number of carbonyl (C=O) groups is 1. The van der Waals surface area contributed by atoms with E-state index in [1.165, 1.54) is 11.8 Å². The summed E-state index contributed by atoms with van der Waals surface area (Å²) in [7, 11) is 0. The normalized spacial score (nSPS) is 12.0. The fourth-order valence-electron chi connectivity index (χ4n) is 2.64. The van der Waals surface area contributed by atoms with Gasteiger partial charge in [-0.2, -0.15) is 0 Å². The van der Waals surface area contributed by atoms with Crippen LogP contribution in [0, 0.1) is 0 Å². The van der Waals surface area contributed by atoms with Gasteiger partial charge in [0.1, 0.15) is 0 Å². The number of rotatable bonds is 5. The summed E-state index contributed by atoms with van der Waals surface area (Å²) in [6, 6.07) is 17.4. The largest absolute Gasteiger partial charge is 0.411 e. The number of aromatic nitrogens is 3. The minimum absolute atomic E-state index is 0.127. The molecule has 4 rings (SSSR count). The summed E-state index contributed by atoms with van der Waals surface area (Å²) in [6.45, 7) is 1.80. The van der Waals surface area contributed by atoms with Gasteiger partial charge < -0.3 is 9.73 Å². The molecule has 1 amide bonds. The van der Waals surface area contributed by atoms with E-state index >= 15 is 0 Å². The first kappa shape index (κ1) is 17.2. The van der Waals surface area contributed by atoms with Crippen LogP contribution in [0.4, 0.5) is 5.69 Å². The van der Waals surface area contributed by atoms with Crippen molar-refractivity contribution in [2.24, 2.45) is 0 Å². The standard InChI is InChI=1S/C20H16N4O2S/c1-13(27-20-24-23-19(26-20)15-8-5-11-21-12-15)18(25)22-17-10-4-7-14-6-2-3-9-16(14)17/h2-13H,1H3,(H,22,25)/t13-/m0/s1. The predicted octanol–water partition coefficient (Wildman–Crippen LogP) is 4.40. The lowest BCUT2D eigenvalue weighted by Crippen LogP contribution is -2.22. The molecule has 1 N–H and O–H groups in total. The van der Waals surface area contributed by atoms with Crippen molar-refractivity contribution in [2.45, 2.75) is 17.4 Å². The molecule has 7 heteroatoms. The first-order valence-electron chi connectivity index (χ1n) is 8.40. The molecule has 0 spiro atoms. The molecule has 0 fully saturated rings. The third kappa shape index (κ3) is 3.83. The number of amides is 1. The van der Waals surface area contributed by atoms with E-state index in [9.17, 15) is 4.79 Å². The lowest BCUT2D eigenvalue weighted by Gasteiger charge is -2.12. The van der Waals surface area contributed by atoms with Crippen LogP contribution >= 0.6 is 11.8 Å². The highest BCUT2D eigenvalue weighted by Crippen LogP contribution is 2.28. The Balaban J connectivity index is 1.46. The van der Waals surface area contributed by atoms with Crippen LogP contribution in [0.5, 0.6) is 0 Å². The molecule has 4 aromatic rings. The molecular weight excluding hydrogens is 360 g/mol. The molecule has 2 heterocycles. The Labute approximate surface area is 160 Å². The molecular formula is C20H16N4O2S. The number of benzene rings is 2. The summed E-state index contributed by atoms with van der Waals surface area (Å²) in [5.41, 5.74) is 1.52. The van der Waals surface area contributed by atoms with Crippen LogP contribution in [0.3, 0.4) is 0 Å². The number of hydrogen-bond donors (Lipinski definition) is 1. The van der Waals surface area contributed by atoms with E-state index in [4.69, 9.17) is 4.42 Å². The Kier molecular flexibility index (Phi) is 4.84. The fraction of sp³-hybridized carbons (Fsp3) is 0.100. The summed E-state index contributed by atoms with van der Waals surface area (Å²) in [5, 5.41) is 13.0. The number of pyridine rings is 1. The average Bonchev–Trinajstić information content (AvgIpc) is 3.17. The Morgan fingerprint density at radius 3 is 2.78 bits per heavy atom. The topological polar surface area (TPSA) is 80.9 Å². The zero-order chi connectivity index (χ0) is 18.6. The van der Waals surface area contributed by atoms with Crippen LogP contribution in [-0.4, -0.2) is 26.3 Å². The van der Waals surface area contributed by atoms with Crippen LogP contribution in [0.1, 0.15) is 6.92 Å². The van der Waals surface area contributed by atoms with Crippen LogP contribution in [0.25, 0.3) is 22.2 Å². The summed E-state index contributed by atoms with van der Waals surface area (Å²) in [5.74, 6) is 0.254. The number of hydrogen-bond acceptors (Lipinski definition) is 6. The van der Waals surface area contributed by atoms with Gasteiger partial charge in [0.2, 0.25) is 11.8 Å². The van der Waals surface area contributed by atoms with Gasteiger partial charge in [-0.05, 0) is 30.5 Å². The summed E-state index contributed by atoms with van der Waals surface area (Å²) < 4.78 is 5.63. The van der Waals surface area contributed by atoms with Crippen molar-refractivity contribution in [3.8, 4) is 11.5 Å². The van der Waals surface area contributed by atoms with Gasteiger partial charge in [-0.25, -0.2) is 0 Å². The van der Waals surface area contributed by atoms with Crippen LogP contribution in [-0.2, 0) is 4.79 Å². The first-order valence-corrected chi connectivity index (χ1v) is 9.28. The van der Waals surface area contributed by atoms with E-state index < -0.39 is 5.25 Å². The molecule has 6 nitrogen and oxygen atoms in total. The number of fused-ring (bicyclic) bond motifs is 1. The Hall–Kier alpha value is -3.19. The molecule has 134 valence electrons. The van der Waals surface area contributed by atoms with Gasteiger partial charge in [0.15, 0.2) is 0 Å². The van der Waals surface area contributed by atoms with Gasteiger partial charge in [0, 0.05) is 23.5 Å². The molecule has 1 atom stereocenters. The lowest BCUT2D eigenvalue weighted by molar-refractivity contribution is -0.115. The van der Waals surface area contributed by atoms with Gasteiger partial charge in [0.25, 0.3) is 5.22 Å². The molecule has 27 heavy (non-hydrogen) atoms. The molecule has 0 bridgehead atoms. The highest BCUT2D eigenvalue weighted by Gasteiger charge is 2.19. The highest BCUT2D eigenvalue weighted by molar-refractivity contribution is 8.00. The van der Waals surface area contributed by atoms with Gasteiger partial charge in [0.05, 0.1) is 10.8 Å². The molecule has 0 saturated heterocycles. The summed E-state index contributed by atoms with van der Waals surface area (Å²) in [6.07, 6.45) is 3.33. The maximum absolute atomic E-state index is 12.6. The second-order valence-electron chi connectivity index (χ2n) is 5.89. The summed E-state index contributed by atoms with van der Waals surface area (Å²) >= 11 is 1.22. The van der Waals surface area contributed by atoms with E-state index in [0.717, 1.165) is 22.0 Å². The molecule has 0 aliphatic rings. The van der Waals surface area contributed by atoms with Gasteiger partial charge in [-0.15, -0.1) is 10.2 Å². The van der Waals surface area contributed by atoms with E-state index in [1.54, 1.807) is 25.4 Å². The second-order valence-corrected chi connectivity index (χ2v) is 7.18. The van der Waals surface area contributed by atoms with Crippen molar-refractivity contribution >= 4 is 34.1 Å². The van der Waals surface area contributed by atoms with Crippen LogP contribution < -0.4 is 5.32 Å². The molecule has 0 saturated carbocycles. The number of thioether (sulfide) groups is 1. The third-order valence-electron chi connectivity index (χ3n) is 4.01. The molecule has 2 aromatic carbocycles. The van der Waals surface area contributed by atoms with Crippen LogP contribution in [0.2, 0.25) is 0 Å². The molecule has 2 aromatic heterocycles. The predicted molar refractivity (Wildman–Crippen MR) is 105 cm³/mol. The average molecular weight is 376 g/mol. The van der Waals surface area contributed by atoms with E-state index in [1.807, 2.05) is 48.5 Å². The Morgan fingerprint density at radius 1 is 1.07 bits per heavy atom. The van der Waals surface area contributed by atoms with Crippen LogP contribution in [0.15, 0.2) is 76.6 Å².